The summed E-state index contributed by atoms with van der Waals surface area (Å²) < 4.78 is 1.57. The molecule has 1 N–H and O–H groups in total. The Hall–Kier alpha value is -1.84. The van der Waals surface area contributed by atoms with E-state index in [4.69, 9.17) is 5.11 Å². The number of carboxylic acid groups (broad SMARTS) is 1. The first-order valence-corrected chi connectivity index (χ1v) is 4.86. The van der Waals surface area contributed by atoms with Crippen molar-refractivity contribution in [2.24, 2.45) is 0 Å². The summed E-state index contributed by atoms with van der Waals surface area (Å²) in [5.41, 5.74) is 1.91. The van der Waals surface area contributed by atoms with Gasteiger partial charge < -0.3 is 5.11 Å². The number of carboxylic acids is 1. The summed E-state index contributed by atoms with van der Waals surface area (Å²) in [5, 5.41) is 12.7. The fraction of sp³-hybridized carbons (Fsp3) is 0.273. The van der Waals surface area contributed by atoms with Crippen LogP contribution >= 0.6 is 0 Å². The second-order valence-corrected chi connectivity index (χ2v) is 2.90. The molecular weight excluding hydrogens is 192 g/mol. The predicted molar refractivity (Wildman–Crippen MR) is 58.2 cm³/mol. The van der Waals surface area contributed by atoms with Crippen LogP contribution in [0.2, 0.25) is 0 Å². The molecule has 0 bridgehead atoms. The third-order valence-electron chi connectivity index (χ3n) is 1.89. The van der Waals surface area contributed by atoms with Crippen molar-refractivity contribution >= 4 is 11.5 Å². The lowest BCUT2D eigenvalue weighted by Gasteiger charge is -1.95. The molecule has 0 amide bonds. The average molecular weight is 206 g/mol. The zero-order valence-electron chi connectivity index (χ0n) is 9.06. The first kappa shape index (κ1) is 11.2. The van der Waals surface area contributed by atoms with E-state index in [1.54, 1.807) is 16.8 Å². The maximum absolute atomic E-state index is 10.7. The fourth-order valence-corrected chi connectivity index (χ4v) is 1.25. The maximum Gasteiger partial charge on any atom is 0.339 e. The summed E-state index contributed by atoms with van der Waals surface area (Å²) in [6, 6.07) is 3.62. The summed E-state index contributed by atoms with van der Waals surface area (Å²) in [6.07, 6.45) is 3.15. The van der Waals surface area contributed by atoms with Crippen LogP contribution in [0, 0.1) is 6.92 Å². The Morgan fingerprint density at radius 3 is 2.67 bits per heavy atom. The van der Waals surface area contributed by atoms with E-state index < -0.39 is 5.97 Å². The summed E-state index contributed by atoms with van der Waals surface area (Å²) in [4.78, 5) is 10.7. The van der Waals surface area contributed by atoms with Crippen LogP contribution in [0.5, 0.6) is 0 Å². The summed E-state index contributed by atoms with van der Waals surface area (Å²) in [7, 11) is 0. The van der Waals surface area contributed by atoms with Gasteiger partial charge in [0.05, 0.1) is 11.7 Å². The van der Waals surface area contributed by atoms with Gasteiger partial charge in [0.15, 0.2) is 0 Å². The third kappa shape index (κ3) is 2.15. The average Bonchev–Trinajstić information content (AvgIpc) is 2.63. The van der Waals surface area contributed by atoms with Crippen LogP contribution < -0.4 is 0 Å². The zero-order valence-corrected chi connectivity index (χ0v) is 9.06. The summed E-state index contributed by atoms with van der Waals surface area (Å²) in [6.45, 7) is 5.93. The van der Waals surface area contributed by atoms with E-state index in [1.165, 1.54) is 6.20 Å². The van der Waals surface area contributed by atoms with Crippen LogP contribution in [0.15, 0.2) is 24.5 Å². The smallest absolute Gasteiger partial charge is 0.339 e. The molecular formula is C11H14N2O2. The van der Waals surface area contributed by atoms with Crippen molar-refractivity contribution in [3.63, 3.8) is 0 Å². The molecule has 0 saturated carbocycles. The molecule has 2 aromatic rings. The predicted octanol–water partition coefficient (Wildman–Crippen LogP) is 2.37. The summed E-state index contributed by atoms with van der Waals surface area (Å²) >= 11 is 0. The Labute approximate surface area is 88.2 Å². The molecule has 0 fully saturated rings. The maximum atomic E-state index is 10.7. The van der Waals surface area contributed by atoms with Crippen molar-refractivity contribution in [3.05, 3.63) is 35.7 Å². The van der Waals surface area contributed by atoms with Crippen LogP contribution in [0.3, 0.4) is 0 Å². The van der Waals surface area contributed by atoms with Gasteiger partial charge in [0.1, 0.15) is 5.56 Å². The fourth-order valence-electron chi connectivity index (χ4n) is 1.25. The van der Waals surface area contributed by atoms with Crippen LogP contribution in [0.1, 0.15) is 29.8 Å². The van der Waals surface area contributed by atoms with Gasteiger partial charge in [-0.05, 0) is 18.6 Å². The number of hydrogen-bond donors (Lipinski definition) is 1. The molecule has 2 aromatic heterocycles. The molecule has 4 nitrogen and oxygen atoms in total. The van der Waals surface area contributed by atoms with E-state index in [2.05, 4.69) is 5.10 Å². The molecule has 0 aromatic carbocycles. The zero-order chi connectivity index (χ0) is 11.4. The number of aryl methyl sites for hydroxylation is 1. The first-order valence-electron chi connectivity index (χ1n) is 4.86. The lowest BCUT2D eigenvalue weighted by atomic mass is 10.2. The molecule has 2 rings (SSSR count). The van der Waals surface area contributed by atoms with Crippen molar-refractivity contribution in [2.45, 2.75) is 20.8 Å². The number of fused-ring (bicyclic) bond motifs is 1. The number of hydrogen-bond acceptors (Lipinski definition) is 2. The Balaban J connectivity index is 0.000000531. The lowest BCUT2D eigenvalue weighted by molar-refractivity contribution is 0.0699. The monoisotopic (exact) mass is 206 g/mol. The second kappa shape index (κ2) is 4.59. The highest BCUT2D eigenvalue weighted by Crippen LogP contribution is 2.11. The molecule has 80 valence electrons. The SMILES string of the molecule is CC.Cc1ccc2c(C(=O)O)cnn2c1. The van der Waals surface area contributed by atoms with Crippen LogP contribution in [-0.4, -0.2) is 20.7 Å². The van der Waals surface area contributed by atoms with Crippen molar-refractivity contribution in [2.75, 3.05) is 0 Å². The quantitative estimate of drug-likeness (QED) is 0.779. The Morgan fingerprint density at radius 1 is 1.40 bits per heavy atom. The highest BCUT2D eigenvalue weighted by atomic mass is 16.4. The Morgan fingerprint density at radius 2 is 2.07 bits per heavy atom. The molecule has 0 aliphatic rings. The van der Waals surface area contributed by atoms with Gasteiger partial charge in [0.25, 0.3) is 0 Å². The van der Waals surface area contributed by atoms with Gasteiger partial charge in [-0.15, -0.1) is 0 Å². The molecule has 2 heterocycles. The normalized spacial score (nSPS) is 9.53. The first-order chi connectivity index (χ1) is 7.18. The largest absolute Gasteiger partial charge is 0.478 e. The summed E-state index contributed by atoms with van der Waals surface area (Å²) in [5.74, 6) is -0.946. The van der Waals surface area contributed by atoms with Gasteiger partial charge in [0.2, 0.25) is 0 Å². The van der Waals surface area contributed by atoms with E-state index in [0.717, 1.165) is 5.56 Å². The van der Waals surface area contributed by atoms with Crippen molar-refractivity contribution in [1.29, 1.82) is 0 Å². The van der Waals surface area contributed by atoms with Crippen molar-refractivity contribution in [1.82, 2.24) is 9.61 Å². The van der Waals surface area contributed by atoms with Crippen molar-refractivity contribution in [3.8, 4) is 0 Å². The van der Waals surface area contributed by atoms with E-state index in [1.807, 2.05) is 26.8 Å². The van der Waals surface area contributed by atoms with Crippen LogP contribution in [-0.2, 0) is 0 Å². The number of carbonyl (C=O) groups is 1. The highest BCUT2D eigenvalue weighted by molar-refractivity contribution is 5.95. The van der Waals surface area contributed by atoms with E-state index in [-0.39, 0.29) is 5.56 Å². The minimum Gasteiger partial charge on any atom is -0.478 e. The second-order valence-electron chi connectivity index (χ2n) is 2.90. The number of aromatic nitrogens is 2. The number of aromatic carboxylic acids is 1. The lowest BCUT2D eigenvalue weighted by Crippen LogP contribution is -1.95. The molecule has 15 heavy (non-hydrogen) atoms. The number of nitrogens with zero attached hydrogens (tertiary/aromatic N) is 2. The number of pyridine rings is 1. The molecule has 0 aliphatic heterocycles. The Bertz CT molecular complexity index is 474. The van der Waals surface area contributed by atoms with E-state index in [0.29, 0.717) is 5.52 Å². The molecule has 0 unspecified atom stereocenters. The molecule has 0 spiro atoms. The van der Waals surface area contributed by atoms with Gasteiger partial charge in [-0.3, -0.25) is 0 Å². The minimum atomic E-state index is -0.946. The number of rotatable bonds is 1. The third-order valence-corrected chi connectivity index (χ3v) is 1.89. The van der Waals surface area contributed by atoms with Gasteiger partial charge >= 0.3 is 5.97 Å². The van der Waals surface area contributed by atoms with Crippen LogP contribution in [0.25, 0.3) is 5.52 Å². The van der Waals surface area contributed by atoms with Gasteiger partial charge in [-0.25, -0.2) is 9.31 Å². The molecule has 0 saturated heterocycles. The van der Waals surface area contributed by atoms with Gasteiger partial charge in [-0.1, -0.05) is 19.9 Å². The van der Waals surface area contributed by atoms with Crippen LogP contribution in [0.4, 0.5) is 0 Å². The van der Waals surface area contributed by atoms with E-state index >= 15 is 0 Å². The van der Waals surface area contributed by atoms with Gasteiger partial charge in [-0.2, -0.15) is 5.10 Å². The standard InChI is InChI=1S/C9H8N2O2.C2H6/c1-6-2-3-8-7(9(12)13)4-10-11(8)5-6;1-2/h2-5H,1H3,(H,12,13);1-2H3. The van der Waals surface area contributed by atoms with Gasteiger partial charge in [0, 0.05) is 6.20 Å². The van der Waals surface area contributed by atoms with E-state index in [9.17, 15) is 4.79 Å². The van der Waals surface area contributed by atoms with Crippen molar-refractivity contribution < 1.29 is 9.90 Å². The molecule has 0 atom stereocenters. The Kier molecular flexibility index (Phi) is 3.44. The topological polar surface area (TPSA) is 54.6 Å². The molecule has 4 heteroatoms. The molecule has 0 radical (unpaired) electrons. The minimum absolute atomic E-state index is 0.236. The molecule has 0 aliphatic carbocycles. The highest BCUT2D eigenvalue weighted by Gasteiger charge is 2.09.